The first-order valence-corrected chi connectivity index (χ1v) is 7.36. The normalized spacial score (nSPS) is 25.4. The number of piperazine rings is 1. The number of carboxylic acid groups (broad SMARTS) is 1. The van der Waals surface area contributed by atoms with Gasteiger partial charge in [0.1, 0.15) is 6.04 Å². The van der Waals surface area contributed by atoms with Crippen molar-refractivity contribution in [3.8, 4) is 0 Å². The monoisotopic (exact) mass is 254 g/mol. The van der Waals surface area contributed by atoms with E-state index in [4.69, 9.17) is 5.11 Å². The van der Waals surface area contributed by atoms with Gasteiger partial charge in [-0.1, -0.05) is 25.7 Å². The summed E-state index contributed by atoms with van der Waals surface area (Å²) in [7, 11) is 0. The third-order valence-corrected chi connectivity index (χ3v) is 4.64. The average molecular weight is 254 g/mol. The Morgan fingerprint density at radius 3 is 2.39 bits per heavy atom. The zero-order chi connectivity index (χ0) is 13.0. The first-order valence-electron chi connectivity index (χ1n) is 7.36. The van der Waals surface area contributed by atoms with Crippen LogP contribution in [-0.4, -0.2) is 59.6 Å². The van der Waals surface area contributed by atoms with Gasteiger partial charge in [-0.3, -0.25) is 9.69 Å². The molecule has 2 rings (SSSR count). The highest BCUT2D eigenvalue weighted by atomic mass is 16.4. The quantitative estimate of drug-likeness (QED) is 0.810. The summed E-state index contributed by atoms with van der Waals surface area (Å²) < 4.78 is 0. The molecule has 1 aliphatic heterocycles. The summed E-state index contributed by atoms with van der Waals surface area (Å²) in [6.45, 7) is 6.86. The highest BCUT2D eigenvalue weighted by Gasteiger charge is 2.25. The highest BCUT2D eigenvalue weighted by molar-refractivity contribution is 5.72. The topological polar surface area (TPSA) is 43.8 Å². The lowest BCUT2D eigenvalue weighted by atomic mass is 10.0. The summed E-state index contributed by atoms with van der Waals surface area (Å²) in [5.74, 6) is 0.260. The van der Waals surface area contributed by atoms with Gasteiger partial charge < -0.3 is 10.0 Å². The SMILES string of the molecule is CC(C(=O)O)N1CCN(CCC2CCCC2)CC1. The third kappa shape index (κ3) is 3.69. The first kappa shape index (κ1) is 13.8. The predicted molar refractivity (Wildman–Crippen MR) is 71.7 cm³/mol. The maximum Gasteiger partial charge on any atom is 0.320 e. The van der Waals surface area contributed by atoms with Gasteiger partial charge in [0.2, 0.25) is 0 Å². The minimum atomic E-state index is -0.700. The van der Waals surface area contributed by atoms with Gasteiger partial charge in [0.25, 0.3) is 0 Å². The van der Waals surface area contributed by atoms with E-state index in [0.29, 0.717) is 0 Å². The lowest BCUT2D eigenvalue weighted by molar-refractivity contribution is -0.143. The van der Waals surface area contributed by atoms with Crippen LogP contribution in [0, 0.1) is 5.92 Å². The predicted octanol–water partition coefficient (Wildman–Crippen LogP) is 1.66. The van der Waals surface area contributed by atoms with Crippen LogP contribution in [-0.2, 0) is 4.79 Å². The molecule has 1 unspecified atom stereocenters. The van der Waals surface area contributed by atoms with E-state index in [0.717, 1.165) is 32.1 Å². The van der Waals surface area contributed by atoms with E-state index < -0.39 is 5.97 Å². The van der Waals surface area contributed by atoms with Gasteiger partial charge in [0.05, 0.1) is 0 Å². The summed E-state index contributed by atoms with van der Waals surface area (Å²) in [6.07, 6.45) is 7.05. The second kappa shape index (κ2) is 6.53. The third-order valence-electron chi connectivity index (χ3n) is 4.64. The molecule has 0 aromatic rings. The number of hydrogen-bond donors (Lipinski definition) is 1. The van der Waals surface area contributed by atoms with E-state index >= 15 is 0 Å². The Hall–Kier alpha value is -0.610. The molecule has 0 aromatic heterocycles. The Kier molecular flexibility index (Phi) is 5.01. The number of rotatable bonds is 5. The molecule has 1 atom stereocenters. The summed E-state index contributed by atoms with van der Waals surface area (Å²) in [6, 6.07) is -0.331. The second-order valence-corrected chi connectivity index (χ2v) is 5.83. The lowest BCUT2D eigenvalue weighted by Gasteiger charge is -2.36. The van der Waals surface area contributed by atoms with Crippen molar-refractivity contribution < 1.29 is 9.90 Å². The van der Waals surface area contributed by atoms with Crippen molar-refractivity contribution in [2.75, 3.05) is 32.7 Å². The molecule has 0 radical (unpaired) electrons. The van der Waals surface area contributed by atoms with E-state index in [1.807, 2.05) is 0 Å². The Balaban J connectivity index is 1.65. The summed E-state index contributed by atoms with van der Waals surface area (Å²) >= 11 is 0. The molecule has 0 spiro atoms. The number of carboxylic acids is 1. The Morgan fingerprint density at radius 2 is 1.83 bits per heavy atom. The number of carbonyl (C=O) groups is 1. The number of nitrogens with zero attached hydrogens (tertiary/aromatic N) is 2. The fourth-order valence-corrected chi connectivity index (χ4v) is 3.19. The zero-order valence-corrected chi connectivity index (χ0v) is 11.5. The molecular weight excluding hydrogens is 228 g/mol. The van der Waals surface area contributed by atoms with Crippen LogP contribution in [0.5, 0.6) is 0 Å². The molecule has 0 bridgehead atoms. The van der Waals surface area contributed by atoms with E-state index in [-0.39, 0.29) is 6.04 Å². The smallest absolute Gasteiger partial charge is 0.320 e. The van der Waals surface area contributed by atoms with Crippen molar-refractivity contribution in [2.45, 2.75) is 45.1 Å². The minimum Gasteiger partial charge on any atom is -0.480 e. The van der Waals surface area contributed by atoms with Crippen molar-refractivity contribution in [3.63, 3.8) is 0 Å². The summed E-state index contributed by atoms with van der Waals surface area (Å²) in [5, 5.41) is 8.99. The fraction of sp³-hybridized carbons (Fsp3) is 0.929. The van der Waals surface area contributed by atoms with Crippen LogP contribution < -0.4 is 0 Å². The Labute approximate surface area is 110 Å². The standard InChI is InChI=1S/C14H26N2O2/c1-12(14(17)18)16-10-8-15(9-11-16)7-6-13-4-2-3-5-13/h12-13H,2-11H2,1H3,(H,17,18). The van der Waals surface area contributed by atoms with Crippen LogP contribution in [0.3, 0.4) is 0 Å². The molecule has 1 aliphatic carbocycles. The van der Waals surface area contributed by atoms with Crippen molar-refractivity contribution in [3.05, 3.63) is 0 Å². The Bertz CT molecular complexity index is 269. The van der Waals surface area contributed by atoms with Crippen LogP contribution in [0.25, 0.3) is 0 Å². The van der Waals surface area contributed by atoms with E-state index in [1.165, 1.54) is 38.6 Å². The summed E-state index contributed by atoms with van der Waals surface area (Å²) in [4.78, 5) is 15.5. The molecule has 18 heavy (non-hydrogen) atoms. The molecule has 1 heterocycles. The van der Waals surface area contributed by atoms with Gasteiger partial charge in [0, 0.05) is 26.2 Å². The highest BCUT2D eigenvalue weighted by Crippen LogP contribution is 2.27. The molecule has 1 saturated heterocycles. The average Bonchev–Trinajstić information content (AvgIpc) is 2.89. The van der Waals surface area contributed by atoms with E-state index in [9.17, 15) is 4.79 Å². The molecule has 2 fully saturated rings. The van der Waals surface area contributed by atoms with Crippen LogP contribution in [0.15, 0.2) is 0 Å². The molecule has 104 valence electrons. The van der Waals surface area contributed by atoms with Gasteiger partial charge >= 0.3 is 5.97 Å². The number of aliphatic carboxylic acids is 1. The van der Waals surface area contributed by atoms with Gasteiger partial charge in [-0.15, -0.1) is 0 Å². The molecule has 2 aliphatic rings. The van der Waals surface area contributed by atoms with Gasteiger partial charge in [-0.25, -0.2) is 0 Å². The van der Waals surface area contributed by atoms with Crippen LogP contribution in [0.4, 0.5) is 0 Å². The Morgan fingerprint density at radius 1 is 1.22 bits per heavy atom. The van der Waals surface area contributed by atoms with Crippen LogP contribution >= 0.6 is 0 Å². The maximum atomic E-state index is 10.9. The van der Waals surface area contributed by atoms with E-state index in [2.05, 4.69) is 9.80 Å². The summed E-state index contributed by atoms with van der Waals surface area (Å²) in [5.41, 5.74) is 0. The molecule has 4 nitrogen and oxygen atoms in total. The van der Waals surface area contributed by atoms with Gasteiger partial charge in [-0.05, 0) is 25.8 Å². The van der Waals surface area contributed by atoms with Crippen LogP contribution in [0.1, 0.15) is 39.0 Å². The van der Waals surface area contributed by atoms with Gasteiger partial charge in [0.15, 0.2) is 0 Å². The first-order chi connectivity index (χ1) is 8.66. The zero-order valence-electron chi connectivity index (χ0n) is 11.5. The van der Waals surface area contributed by atoms with Crippen molar-refractivity contribution in [1.29, 1.82) is 0 Å². The van der Waals surface area contributed by atoms with Crippen molar-refractivity contribution >= 4 is 5.97 Å². The molecule has 4 heteroatoms. The second-order valence-electron chi connectivity index (χ2n) is 5.83. The molecule has 1 saturated carbocycles. The number of hydrogen-bond acceptors (Lipinski definition) is 3. The van der Waals surface area contributed by atoms with Crippen molar-refractivity contribution in [1.82, 2.24) is 9.80 Å². The van der Waals surface area contributed by atoms with E-state index in [1.54, 1.807) is 6.92 Å². The minimum absolute atomic E-state index is 0.331. The largest absolute Gasteiger partial charge is 0.480 e. The maximum absolute atomic E-state index is 10.9. The molecular formula is C14H26N2O2. The molecule has 0 amide bonds. The van der Waals surface area contributed by atoms with Crippen molar-refractivity contribution in [2.24, 2.45) is 5.92 Å². The molecule has 0 aromatic carbocycles. The fourth-order valence-electron chi connectivity index (χ4n) is 3.19. The van der Waals surface area contributed by atoms with Gasteiger partial charge in [-0.2, -0.15) is 0 Å². The van der Waals surface area contributed by atoms with Crippen LogP contribution in [0.2, 0.25) is 0 Å². The molecule has 1 N–H and O–H groups in total. The lowest BCUT2D eigenvalue weighted by Crippen LogP contribution is -2.51.